The summed E-state index contributed by atoms with van der Waals surface area (Å²) < 4.78 is 68.5. The molecule has 5 atom stereocenters. The summed E-state index contributed by atoms with van der Waals surface area (Å²) in [5, 5.41) is 10.6. The fourth-order valence-corrected chi connectivity index (χ4v) is 11.2. The second-order valence-corrected chi connectivity index (χ2v) is 28.1. The number of phosphoric ester groups is 2. The van der Waals surface area contributed by atoms with Gasteiger partial charge in [0.2, 0.25) is 0 Å². The summed E-state index contributed by atoms with van der Waals surface area (Å²) in [6.45, 7) is 4.35. The molecule has 0 aliphatic rings. The third-order valence-corrected chi connectivity index (χ3v) is 17.4. The van der Waals surface area contributed by atoms with Gasteiger partial charge in [0.15, 0.2) is 12.2 Å². The monoisotopic (exact) mass is 1470 g/mol. The van der Waals surface area contributed by atoms with E-state index in [2.05, 4.69) is 186 Å². The molecule has 102 heavy (non-hydrogen) atoms. The Kier molecular flexibility index (Phi) is 70.1. The molecular weight excluding hydrogens is 1330 g/mol. The second kappa shape index (κ2) is 74.0. The Bertz CT molecular complexity index is 2550. The van der Waals surface area contributed by atoms with E-state index in [0.29, 0.717) is 25.7 Å². The van der Waals surface area contributed by atoms with Crippen LogP contribution in [0, 0.1) is 0 Å². The Balaban J connectivity index is 5.44. The first kappa shape index (κ1) is 96.7. The highest BCUT2D eigenvalue weighted by atomic mass is 31.2. The standard InChI is InChI=1S/C83H136O17P2/c1-5-9-13-17-21-25-29-33-36-38-41-45-48-52-56-60-64-68-81(86)94-74-79(100-83(88)70-66-62-58-54-50-46-42-39-37-34-30-26-22-18-14-10-6-2)76-98-102(91,92)96-72-77(84)71-95-101(89,90)97-75-78(99-82(87)69-65-61-57-53-49-43-32-28-24-20-16-12-8-4)73-93-80(85)67-63-59-55-51-47-44-40-35-31-27-23-19-15-11-7-3/h9-11,13-16,20-23,25-28,32-37,40-41,45,47,51,77-79,84H,5-8,12,17-19,24,29-31,38-39,42-44,46,48-50,52-76H2,1-4H3,(H,89,90)(H,91,92)/b13-9-,14-10-,15-11-,20-16-,25-21-,26-22-,27-23-,32-28-,36-33-,37-34-,40-35-,45-41-,51-47-. The summed E-state index contributed by atoms with van der Waals surface area (Å²) in [6, 6.07) is 0. The molecule has 0 spiro atoms. The van der Waals surface area contributed by atoms with E-state index in [0.717, 1.165) is 205 Å². The van der Waals surface area contributed by atoms with Crippen LogP contribution in [0.4, 0.5) is 0 Å². The zero-order valence-corrected chi connectivity index (χ0v) is 65.0. The summed E-state index contributed by atoms with van der Waals surface area (Å²) in [4.78, 5) is 72.9. The van der Waals surface area contributed by atoms with Gasteiger partial charge in [0.25, 0.3) is 0 Å². The van der Waals surface area contributed by atoms with Crippen molar-refractivity contribution in [3.05, 3.63) is 158 Å². The first-order valence-electron chi connectivity index (χ1n) is 38.7. The number of esters is 4. The normalized spacial score (nSPS) is 14.8. The molecule has 0 saturated heterocycles. The van der Waals surface area contributed by atoms with Crippen LogP contribution < -0.4 is 0 Å². The van der Waals surface area contributed by atoms with Crippen molar-refractivity contribution >= 4 is 39.5 Å². The van der Waals surface area contributed by atoms with Gasteiger partial charge < -0.3 is 33.8 Å². The van der Waals surface area contributed by atoms with Gasteiger partial charge in [-0.2, -0.15) is 0 Å². The molecule has 0 fully saturated rings. The van der Waals surface area contributed by atoms with Crippen LogP contribution in [0.1, 0.15) is 285 Å². The SMILES string of the molecule is CC/C=C\C/C=C\C/C=C\C/C=C\CCCCCCC(=O)OCC(COP(=O)(O)OCC(O)COP(=O)(O)OCC(COC(=O)CCCC/C=C\C/C=C\C/C=C\C/C=C\CC)OC(=O)CCCCCCC/C=C\C/C=C\CCC)OC(=O)CCCCCCCCC/C=C\C/C=C\C/C=C\CC. The number of hydrogen-bond acceptors (Lipinski definition) is 15. The first-order valence-corrected chi connectivity index (χ1v) is 41.7. The number of rotatable bonds is 71. The molecule has 3 N–H and O–H groups in total. The van der Waals surface area contributed by atoms with E-state index in [4.69, 9.17) is 37.0 Å². The maximum atomic E-state index is 13.1. The van der Waals surface area contributed by atoms with Gasteiger partial charge in [0.05, 0.1) is 26.4 Å². The first-order chi connectivity index (χ1) is 49.7. The molecule has 0 rings (SSSR count). The number of carbonyl (C=O) groups excluding carboxylic acids is 4. The molecule has 0 aliphatic heterocycles. The minimum Gasteiger partial charge on any atom is -0.462 e. The molecule has 580 valence electrons. The van der Waals surface area contributed by atoms with Crippen LogP contribution in [0.15, 0.2) is 158 Å². The molecule has 0 aromatic heterocycles. The quantitative estimate of drug-likeness (QED) is 0.0169. The molecule has 0 bridgehead atoms. The van der Waals surface area contributed by atoms with Crippen LogP contribution in [-0.2, 0) is 65.4 Å². The van der Waals surface area contributed by atoms with Crippen molar-refractivity contribution < 1.29 is 80.2 Å². The number of hydrogen-bond donors (Lipinski definition) is 3. The highest BCUT2D eigenvalue weighted by Gasteiger charge is 2.30. The zero-order chi connectivity index (χ0) is 74.6. The van der Waals surface area contributed by atoms with E-state index < -0.39 is 97.5 Å². The summed E-state index contributed by atoms with van der Waals surface area (Å²) in [5.74, 6) is -2.29. The molecule has 0 aromatic rings. The van der Waals surface area contributed by atoms with Gasteiger partial charge >= 0.3 is 39.5 Å². The number of aliphatic hydroxyl groups excluding tert-OH is 1. The van der Waals surface area contributed by atoms with E-state index in [1.54, 1.807) is 0 Å². The van der Waals surface area contributed by atoms with Crippen molar-refractivity contribution in [1.29, 1.82) is 0 Å². The Morgan fingerprint density at radius 2 is 0.510 bits per heavy atom. The van der Waals surface area contributed by atoms with Crippen molar-refractivity contribution in [2.75, 3.05) is 39.6 Å². The van der Waals surface area contributed by atoms with Crippen molar-refractivity contribution in [3.8, 4) is 0 Å². The number of phosphoric acid groups is 2. The minimum absolute atomic E-state index is 0.0642. The fraction of sp³-hybridized carbons (Fsp3) is 0.639. The topological polar surface area (TPSA) is 237 Å². The largest absolute Gasteiger partial charge is 0.472 e. The third kappa shape index (κ3) is 73.0. The lowest BCUT2D eigenvalue weighted by Gasteiger charge is -2.21. The van der Waals surface area contributed by atoms with Crippen LogP contribution in [0.25, 0.3) is 0 Å². The Morgan fingerprint density at radius 3 is 0.804 bits per heavy atom. The maximum absolute atomic E-state index is 13.1. The lowest BCUT2D eigenvalue weighted by atomic mass is 10.1. The third-order valence-electron chi connectivity index (χ3n) is 15.4. The van der Waals surface area contributed by atoms with Crippen LogP contribution in [-0.4, -0.2) is 96.7 Å². The van der Waals surface area contributed by atoms with E-state index in [-0.39, 0.29) is 25.7 Å². The summed E-state index contributed by atoms with van der Waals surface area (Å²) in [5.41, 5.74) is 0. The molecule has 19 heteroatoms. The molecule has 0 aromatic carbocycles. The smallest absolute Gasteiger partial charge is 0.462 e. The Morgan fingerprint density at radius 1 is 0.284 bits per heavy atom. The molecular formula is C83H136O17P2. The molecule has 17 nitrogen and oxygen atoms in total. The molecule has 0 saturated carbocycles. The van der Waals surface area contributed by atoms with Crippen molar-refractivity contribution in [1.82, 2.24) is 0 Å². The van der Waals surface area contributed by atoms with Crippen molar-refractivity contribution in [2.45, 2.75) is 303 Å². The Hall–Kier alpha value is -5.32. The molecule has 0 aliphatic carbocycles. The van der Waals surface area contributed by atoms with Crippen LogP contribution in [0.3, 0.4) is 0 Å². The lowest BCUT2D eigenvalue weighted by Crippen LogP contribution is -2.30. The highest BCUT2D eigenvalue weighted by molar-refractivity contribution is 7.47. The van der Waals surface area contributed by atoms with Crippen molar-refractivity contribution in [3.63, 3.8) is 0 Å². The number of aliphatic hydroxyl groups is 1. The average Bonchev–Trinajstić information content (AvgIpc) is 0.959. The van der Waals surface area contributed by atoms with Gasteiger partial charge in [0.1, 0.15) is 19.3 Å². The molecule has 0 amide bonds. The average molecular weight is 1470 g/mol. The number of ether oxygens (including phenoxy) is 4. The lowest BCUT2D eigenvalue weighted by molar-refractivity contribution is -0.161. The van der Waals surface area contributed by atoms with Gasteiger partial charge in [-0.1, -0.05) is 256 Å². The summed E-state index contributed by atoms with van der Waals surface area (Å²) in [7, 11) is -9.99. The van der Waals surface area contributed by atoms with Gasteiger partial charge in [-0.3, -0.25) is 37.3 Å². The Labute approximate surface area is 617 Å². The predicted molar refractivity (Wildman–Crippen MR) is 417 cm³/mol. The van der Waals surface area contributed by atoms with Gasteiger partial charge in [0, 0.05) is 25.7 Å². The maximum Gasteiger partial charge on any atom is 0.472 e. The van der Waals surface area contributed by atoms with E-state index >= 15 is 0 Å². The highest BCUT2D eigenvalue weighted by Crippen LogP contribution is 2.45. The van der Waals surface area contributed by atoms with Gasteiger partial charge in [-0.05, 0) is 161 Å². The van der Waals surface area contributed by atoms with Crippen molar-refractivity contribution in [2.24, 2.45) is 0 Å². The molecule has 0 heterocycles. The van der Waals surface area contributed by atoms with Gasteiger partial charge in [-0.15, -0.1) is 0 Å². The fourth-order valence-electron chi connectivity index (χ4n) is 9.66. The number of unbranched alkanes of at least 4 members (excludes halogenated alkanes) is 19. The number of carbonyl (C=O) groups is 4. The zero-order valence-electron chi connectivity index (χ0n) is 63.2. The second-order valence-electron chi connectivity index (χ2n) is 25.1. The predicted octanol–water partition coefficient (Wildman–Crippen LogP) is 22.4. The van der Waals surface area contributed by atoms with Crippen LogP contribution >= 0.6 is 15.6 Å². The van der Waals surface area contributed by atoms with Crippen LogP contribution in [0.5, 0.6) is 0 Å². The summed E-state index contributed by atoms with van der Waals surface area (Å²) >= 11 is 0. The molecule has 5 unspecified atom stereocenters. The molecule has 0 radical (unpaired) electrons. The van der Waals surface area contributed by atoms with E-state index in [9.17, 15) is 43.2 Å². The van der Waals surface area contributed by atoms with Crippen LogP contribution in [0.2, 0.25) is 0 Å². The minimum atomic E-state index is -4.99. The summed E-state index contributed by atoms with van der Waals surface area (Å²) in [6.07, 6.45) is 85.2. The number of allylic oxidation sites excluding steroid dienone is 26. The van der Waals surface area contributed by atoms with Gasteiger partial charge in [-0.25, -0.2) is 9.13 Å². The van der Waals surface area contributed by atoms with E-state index in [1.165, 1.54) is 0 Å². The van der Waals surface area contributed by atoms with E-state index in [1.807, 2.05) is 0 Å².